The van der Waals surface area contributed by atoms with Gasteiger partial charge in [-0.05, 0) is 40.5 Å². The molecule has 4 heteroatoms. The van der Waals surface area contributed by atoms with Gasteiger partial charge in [0.25, 0.3) is 0 Å². The zero-order valence-electron chi connectivity index (χ0n) is 7.22. The molecule has 0 fully saturated rings. The monoisotopic (exact) mass is 263 g/mol. The Bertz CT molecular complexity index is 314. The summed E-state index contributed by atoms with van der Waals surface area (Å²) in [4.78, 5) is 0. The first-order chi connectivity index (χ1) is 5.97. The normalized spacial score (nSPS) is 15.5. The number of aliphatic hydroxyl groups is 1. The summed E-state index contributed by atoms with van der Waals surface area (Å²) in [6.07, 6.45) is 0. The molecule has 0 bridgehead atoms. The van der Waals surface area contributed by atoms with E-state index in [2.05, 4.69) is 15.9 Å². The highest BCUT2D eigenvalue weighted by atomic mass is 79.9. The molecule has 1 rings (SSSR count). The van der Waals surface area contributed by atoms with Gasteiger partial charge >= 0.3 is 0 Å². The molecule has 1 unspecified atom stereocenters. The molecule has 0 spiro atoms. The molecule has 3 N–H and O–H groups in total. The Labute approximate surface area is 90.8 Å². The van der Waals surface area contributed by atoms with Crippen LogP contribution < -0.4 is 5.73 Å². The van der Waals surface area contributed by atoms with Crippen LogP contribution in [-0.2, 0) is 5.60 Å². The minimum Gasteiger partial charge on any atom is -0.384 e. The summed E-state index contributed by atoms with van der Waals surface area (Å²) in [6, 6.07) is 5.26. The van der Waals surface area contributed by atoms with Gasteiger partial charge in [0.05, 0.1) is 10.6 Å². The van der Waals surface area contributed by atoms with E-state index in [1.807, 2.05) is 0 Å². The predicted octanol–water partition coefficient (Wildman–Crippen LogP) is 2.27. The molecule has 0 aliphatic heterocycles. The third-order valence-electron chi connectivity index (χ3n) is 1.94. The number of hydrogen-bond acceptors (Lipinski definition) is 2. The molecule has 0 radical (unpaired) electrons. The van der Waals surface area contributed by atoms with Gasteiger partial charge in [-0.2, -0.15) is 0 Å². The largest absolute Gasteiger partial charge is 0.384 e. The Kier molecular flexibility index (Phi) is 3.35. The van der Waals surface area contributed by atoms with Crippen molar-refractivity contribution in [1.29, 1.82) is 0 Å². The maximum Gasteiger partial charge on any atom is 0.0990 e. The smallest absolute Gasteiger partial charge is 0.0990 e. The van der Waals surface area contributed by atoms with Crippen LogP contribution in [0.5, 0.6) is 0 Å². The van der Waals surface area contributed by atoms with Gasteiger partial charge in [0, 0.05) is 11.0 Å². The fourth-order valence-electron chi connectivity index (χ4n) is 0.949. The lowest BCUT2D eigenvalue weighted by Crippen LogP contribution is -2.31. The van der Waals surface area contributed by atoms with E-state index < -0.39 is 5.60 Å². The number of nitrogens with two attached hydrogens (primary N) is 1. The Morgan fingerprint density at radius 3 is 2.69 bits per heavy atom. The van der Waals surface area contributed by atoms with Crippen molar-refractivity contribution in [2.75, 3.05) is 6.54 Å². The third-order valence-corrected chi connectivity index (χ3v) is 3.15. The molecule has 72 valence electrons. The maximum absolute atomic E-state index is 9.82. The van der Waals surface area contributed by atoms with Gasteiger partial charge in [-0.25, -0.2) is 0 Å². The van der Waals surface area contributed by atoms with E-state index in [0.29, 0.717) is 5.02 Å². The number of benzene rings is 1. The van der Waals surface area contributed by atoms with Crippen LogP contribution in [0.3, 0.4) is 0 Å². The summed E-state index contributed by atoms with van der Waals surface area (Å²) in [6.45, 7) is 1.85. The van der Waals surface area contributed by atoms with Gasteiger partial charge in [-0.1, -0.05) is 17.7 Å². The van der Waals surface area contributed by atoms with Crippen molar-refractivity contribution in [2.45, 2.75) is 12.5 Å². The molecular formula is C9H11BrClNO. The van der Waals surface area contributed by atoms with Crippen molar-refractivity contribution in [3.05, 3.63) is 33.3 Å². The highest BCUT2D eigenvalue weighted by Gasteiger charge is 2.21. The molecular weight excluding hydrogens is 253 g/mol. The Morgan fingerprint density at radius 1 is 1.62 bits per heavy atom. The van der Waals surface area contributed by atoms with Gasteiger partial charge in [-0.15, -0.1) is 0 Å². The van der Waals surface area contributed by atoms with E-state index in [4.69, 9.17) is 17.3 Å². The first-order valence-electron chi connectivity index (χ1n) is 3.85. The lowest BCUT2D eigenvalue weighted by molar-refractivity contribution is 0.0668. The van der Waals surface area contributed by atoms with Crippen molar-refractivity contribution in [3.63, 3.8) is 0 Å². The minimum absolute atomic E-state index is 0.182. The van der Waals surface area contributed by atoms with Crippen LogP contribution in [0, 0.1) is 0 Å². The molecule has 13 heavy (non-hydrogen) atoms. The fraction of sp³-hybridized carbons (Fsp3) is 0.333. The van der Waals surface area contributed by atoms with Crippen LogP contribution in [-0.4, -0.2) is 11.7 Å². The molecule has 0 saturated carbocycles. The van der Waals surface area contributed by atoms with Crippen LogP contribution in [0.2, 0.25) is 5.02 Å². The molecule has 0 heterocycles. The standard InChI is InChI=1S/C9H11BrClNO/c1-9(13,5-12)6-2-3-8(11)7(10)4-6/h2-4,13H,5,12H2,1H3. The summed E-state index contributed by atoms with van der Waals surface area (Å²) in [5.41, 5.74) is 5.19. The molecule has 1 aromatic carbocycles. The number of rotatable bonds is 2. The predicted molar refractivity (Wildman–Crippen MR) is 57.8 cm³/mol. The SMILES string of the molecule is CC(O)(CN)c1ccc(Cl)c(Br)c1. The number of halogens is 2. The quantitative estimate of drug-likeness (QED) is 0.861. The highest BCUT2D eigenvalue weighted by molar-refractivity contribution is 9.10. The topological polar surface area (TPSA) is 46.2 Å². The second kappa shape index (κ2) is 3.96. The Balaban J connectivity index is 3.10. The Morgan fingerprint density at radius 2 is 2.23 bits per heavy atom. The molecule has 0 aliphatic rings. The van der Waals surface area contributed by atoms with Crippen LogP contribution in [0.15, 0.2) is 22.7 Å². The molecule has 0 saturated heterocycles. The van der Waals surface area contributed by atoms with Crippen molar-refractivity contribution in [2.24, 2.45) is 5.73 Å². The summed E-state index contributed by atoms with van der Waals surface area (Å²) >= 11 is 9.10. The second-order valence-electron chi connectivity index (χ2n) is 3.11. The molecule has 0 aromatic heterocycles. The van der Waals surface area contributed by atoms with E-state index in [1.54, 1.807) is 25.1 Å². The fourth-order valence-corrected chi connectivity index (χ4v) is 1.45. The molecule has 0 aliphatic carbocycles. The lowest BCUT2D eigenvalue weighted by Gasteiger charge is -2.21. The zero-order chi connectivity index (χ0) is 10.1. The first-order valence-corrected chi connectivity index (χ1v) is 5.02. The summed E-state index contributed by atoms with van der Waals surface area (Å²) < 4.78 is 0.764. The highest BCUT2D eigenvalue weighted by Crippen LogP contribution is 2.28. The lowest BCUT2D eigenvalue weighted by atomic mass is 9.97. The summed E-state index contributed by atoms with van der Waals surface area (Å²) in [5.74, 6) is 0. The summed E-state index contributed by atoms with van der Waals surface area (Å²) in [7, 11) is 0. The molecule has 0 amide bonds. The van der Waals surface area contributed by atoms with E-state index in [9.17, 15) is 5.11 Å². The average molecular weight is 265 g/mol. The maximum atomic E-state index is 9.82. The van der Waals surface area contributed by atoms with Gasteiger partial charge < -0.3 is 10.8 Å². The van der Waals surface area contributed by atoms with Gasteiger partial charge in [0.2, 0.25) is 0 Å². The molecule has 1 atom stereocenters. The van der Waals surface area contributed by atoms with E-state index >= 15 is 0 Å². The van der Waals surface area contributed by atoms with Crippen molar-refractivity contribution < 1.29 is 5.11 Å². The van der Waals surface area contributed by atoms with E-state index in [1.165, 1.54) is 0 Å². The van der Waals surface area contributed by atoms with Crippen LogP contribution in [0.25, 0.3) is 0 Å². The van der Waals surface area contributed by atoms with Gasteiger partial charge in [0.15, 0.2) is 0 Å². The summed E-state index contributed by atoms with van der Waals surface area (Å²) in [5, 5.41) is 10.4. The first kappa shape index (κ1) is 11.0. The molecule has 1 aromatic rings. The zero-order valence-corrected chi connectivity index (χ0v) is 9.56. The van der Waals surface area contributed by atoms with Crippen molar-refractivity contribution >= 4 is 27.5 Å². The van der Waals surface area contributed by atoms with Crippen LogP contribution in [0.4, 0.5) is 0 Å². The van der Waals surface area contributed by atoms with Crippen molar-refractivity contribution in [1.82, 2.24) is 0 Å². The van der Waals surface area contributed by atoms with E-state index in [0.717, 1.165) is 10.0 Å². The minimum atomic E-state index is -0.993. The van der Waals surface area contributed by atoms with Crippen LogP contribution in [0.1, 0.15) is 12.5 Å². The van der Waals surface area contributed by atoms with E-state index in [-0.39, 0.29) is 6.54 Å². The Hall–Kier alpha value is -0.0900. The van der Waals surface area contributed by atoms with Crippen molar-refractivity contribution in [3.8, 4) is 0 Å². The van der Waals surface area contributed by atoms with Gasteiger partial charge in [-0.3, -0.25) is 0 Å². The molecule has 2 nitrogen and oxygen atoms in total. The number of hydrogen-bond donors (Lipinski definition) is 2. The van der Waals surface area contributed by atoms with Gasteiger partial charge in [0.1, 0.15) is 0 Å². The average Bonchev–Trinajstić information content (AvgIpc) is 2.09. The third kappa shape index (κ3) is 2.44. The second-order valence-corrected chi connectivity index (χ2v) is 4.37. The van der Waals surface area contributed by atoms with Crippen LogP contribution >= 0.6 is 27.5 Å².